The Morgan fingerprint density at radius 3 is 2.58 bits per heavy atom. The number of fused-ring (bicyclic) bond motifs is 1. The summed E-state index contributed by atoms with van der Waals surface area (Å²) < 4.78 is 44.7. The zero-order valence-electron chi connectivity index (χ0n) is 17.6. The van der Waals surface area contributed by atoms with E-state index in [1.165, 1.54) is 28.4 Å². The molecule has 0 aliphatic rings. The van der Waals surface area contributed by atoms with Crippen LogP contribution in [-0.4, -0.2) is 37.2 Å². The predicted octanol–water partition coefficient (Wildman–Crippen LogP) is 4.24. The number of amides is 1. The molecule has 0 aliphatic heterocycles. The molecule has 0 aliphatic carbocycles. The fourth-order valence-electron chi connectivity index (χ4n) is 3.22. The van der Waals surface area contributed by atoms with Crippen LogP contribution in [0.2, 0.25) is 0 Å². The van der Waals surface area contributed by atoms with Crippen LogP contribution in [0.4, 0.5) is 9.52 Å². The van der Waals surface area contributed by atoms with Crippen molar-refractivity contribution < 1.29 is 22.3 Å². The van der Waals surface area contributed by atoms with E-state index in [1.54, 1.807) is 31.5 Å². The number of benzene rings is 2. The number of para-hydroxylation sites is 1. The number of carbonyl (C=O) groups excluding carboxylic acids is 1. The number of rotatable bonds is 8. The number of aromatic nitrogens is 2. The number of carbonyl (C=O) groups is 1. The molecule has 1 amide bonds. The van der Waals surface area contributed by atoms with Crippen molar-refractivity contribution in [3.05, 3.63) is 78.4 Å². The van der Waals surface area contributed by atoms with Crippen LogP contribution in [0.1, 0.15) is 12.1 Å². The summed E-state index contributed by atoms with van der Waals surface area (Å²) >= 11 is 1.31. The molecule has 0 bridgehead atoms. The minimum atomic E-state index is -3.76. The van der Waals surface area contributed by atoms with Gasteiger partial charge in [-0.2, -0.15) is 0 Å². The zero-order valence-corrected chi connectivity index (χ0v) is 19.3. The molecule has 7 nitrogen and oxygen atoms in total. The molecule has 0 atom stereocenters. The van der Waals surface area contributed by atoms with Crippen molar-refractivity contribution in [2.24, 2.45) is 0 Å². The molecule has 2 heterocycles. The van der Waals surface area contributed by atoms with E-state index < -0.39 is 27.3 Å². The highest BCUT2D eigenvalue weighted by Crippen LogP contribution is 2.35. The van der Waals surface area contributed by atoms with Crippen LogP contribution >= 0.6 is 11.3 Å². The number of nitrogens with zero attached hydrogens (tertiary/aromatic N) is 3. The Bertz CT molecular complexity index is 1370. The van der Waals surface area contributed by atoms with E-state index in [2.05, 4.69) is 9.97 Å². The number of thiazole rings is 1. The molecule has 33 heavy (non-hydrogen) atoms. The monoisotopic (exact) mass is 485 g/mol. The second-order valence-corrected chi connectivity index (χ2v) is 10.2. The molecule has 0 radical (unpaired) electrons. The topological polar surface area (TPSA) is 89.5 Å². The van der Waals surface area contributed by atoms with E-state index in [4.69, 9.17) is 4.74 Å². The lowest BCUT2D eigenvalue weighted by molar-refractivity contribution is -0.118. The minimum Gasteiger partial charge on any atom is -0.494 e. The highest BCUT2D eigenvalue weighted by molar-refractivity contribution is 7.91. The Labute approximate surface area is 194 Å². The number of hydrogen-bond acceptors (Lipinski definition) is 7. The first kappa shape index (κ1) is 22.8. The average molecular weight is 486 g/mol. The van der Waals surface area contributed by atoms with E-state index >= 15 is 0 Å². The van der Waals surface area contributed by atoms with Gasteiger partial charge in [-0.15, -0.1) is 0 Å². The van der Waals surface area contributed by atoms with Gasteiger partial charge in [-0.3, -0.25) is 14.7 Å². The van der Waals surface area contributed by atoms with Gasteiger partial charge in [-0.1, -0.05) is 23.5 Å². The molecule has 0 spiro atoms. The standard InChI is InChI=1S/C23H20FN3O4S2/c1-31-19-6-4-7-20-22(19)26-23(32-20)27(15-17-5-2-3-13-25-17)21(28)12-14-33(29,30)18-10-8-16(24)9-11-18/h2-11,13H,12,14-15H2,1H3. The molecule has 0 N–H and O–H groups in total. The predicted molar refractivity (Wildman–Crippen MR) is 125 cm³/mol. The van der Waals surface area contributed by atoms with Crippen LogP contribution in [0.3, 0.4) is 0 Å². The molecule has 0 saturated carbocycles. The molecule has 2 aromatic heterocycles. The fraction of sp³-hybridized carbons (Fsp3) is 0.174. The maximum absolute atomic E-state index is 13.2. The number of hydrogen-bond donors (Lipinski definition) is 0. The first-order valence-electron chi connectivity index (χ1n) is 9.99. The number of anilines is 1. The Balaban J connectivity index is 1.62. The average Bonchev–Trinajstić information content (AvgIpc) is 3.26. The maximum Gasteiger partial charge on any atom is 0.230 e. The first-order valence-corrected chi connectivity index (χ1v) is 12.5. The number of sulfone groups is 1. The molecule has 0 saturated heterocycles. The molecule has 0 unspecified atom stereocenters. The third kappa shape index (κ3) is 5.18. The third-order valence-electron chi connectivity index (χ3n) is 4.93. The number of pyridine rings is 1. The fourth-order valence-corrected chi connectivity index (χ4v) is 5.45. The molecule has 170 valence electrons. The van der Waals surface area contributed by atoms with Crippen LogP contribution in [0.15, 0.2) is 71.8 Å². The normalized spacial score (nSPS) is 11.5. The van der Waals surface area contributed by atoms with Crippen LogP contribution < -0.4 is 9.64 Å². The van der Waals surface area contributed by atoms with Crippen molar-refractivity contribution in [3.63, 3.8) is 0 Å². The van der Waals surface area contributed by atoms with Crippen LogP contribution in [0.25, 0.3) is 10.2 Å². The summed E-state index contributed by atoms with van der Waals surface area (Å²) in [6.45, 7) is 0.137. The van der Waals surface area contributed by atoms with Crippen LogP contribution in [-0.2, 0) is 21.2 Å². The van der Waals surface area contributed by atoms with Crippen molar-refractivity contribution >= 4 is 42.4 Å². The molecule has 10 heteroatoms. The Kier molecular flexibility index (Phi) is 6.66. The molecular formula is C23H20FN3O4S2. The van der Waals surface area contributed by atoms with Gasteiger partial charge >= 0.3 is 0 Å². The Morgan fingerprint density at radius 2 is 1.88 bits per heavy atom. The van der Waals surface area contributed by atoms with Crippen LogP contribution in [0, 0.1) is 5.82 Å². The number of methoxy groups -OCH3 is 1. The maximum atomic E-state index is 13.2. The summed E-state index contributed by atoms with van der Waals surface area (Å²) in [5, 5.41) is 0.421. The van der Waals surface area contributed by atoms with E-state index in [0.29, 0.717) is 22.1 Å². The lowest BCUT2D eigenvalue weighted by Gasteiger charge is -2.19. The second kappa shape index (κ2) is 9.63. The summed E-state index contributed by atoms with van der Waals surface area (Å²) in [5.74, 6) is -0.772. The van der Waals surface area contributed by atoms with Gasteiger partial charge in [0.05, 0.1) is 34.7 Å². The molecular weight excluding hydrogens is 465 g/mol. The van der Waals surface area contributed by atoms with Crippen LogP contribution in [0.5, 0.6) is 5.75 Å². The highest BCUT2D eigenvalue weighted by Gasteiger charge is 2.24. The summed E-state index contributed by atoms with van der Waals surface area (Å²) in [6.07, 6.45) is 1.36. The lowest BCUT2D eigenvalue weighted by Crippen LogP contribution is -2.32. The summed E-state index contributed by atoms with van der Waals surface area (Å²) in [4.78, 5) is 23.5. The Hall–Kier alpha value is -3.37. The molecule has 2 aromatic carbocycles. The molecule has 4 rings (SSSR count). The van der Waals surface area contributed by atoms with Gasteiger partial charge < -0.3 is 4.74 Å². The largest absolute Gasteiger partial charge is 0.494 e. The van der Waals surface area contributed by atoms with Crippen molar-refractivity contribution in [1.82, 2.24) is 9.97 Å². The van der Waals surface area contributed by atoms with Gasteiger partial charge in [-0.25, -0.2) is 17.8 Å². The van der Waals surface area contributed by atoms with Crippen molar-refractivity contribution in [2.45, 2.75) is 17.9 Å². The van der Waals surface area contributed by atoms with Crippen molar-refractivity contribution in [3.8, 4) is 5.75 Å². The first-order chi connectivity index (χ1) is 15.9. The van der Waals surface area contributed by atoms with E-state index in [9.17, 15) is 17.6 Å². The number of ether oxygens (including phenoxy) is 1. The lowest BCUT2D eigenvalue weighted by atomic mass is 10.3. The minimum absolute atomic E-state index is 0.0299. The van der Waals surface area contributed by atoms with Gasteiger partial charge in [-0.05, 0) is 48.5 Å². The van der Waals surface area contributed by atoms with Crippen molar-refractivity contribution in [1.29, 1.82) is 0 Å². The summed E-state index contributed by atoms with van der Waals surface area (Å²) in [7, 11) is -2.22. The second-order valence-electron chi connectivity index (χ2n) is 7.13. The van der Waals surface area contributed by atoms with E-state index in [-0.39, 0.29) is 17.9 Å². The smallest absolute Gasteiger partial charge is 0.230 e. The quantitative estimate of drug-likeness (QED) is 0.347. The van der Waals surface area contributed by atoms with E-state index in [1.807, 2.05) is 18.2 Å². The van der Waals surface area contributed by atoms with Gasteiger partial charge in [0.25, 0.3) is 0 Å². The molecule has 0 fully saturated rings. The zero-order chi connectivity index (χ0) is 23.4. The van der Waals surface area contributed by atoms with E-state index in [0.717, 1.165) is 16.8 Å². The van der Waals surface area contributed by atoms with Gasteiger partial charge in [0.1, 0.15) is 17.1 Å². The van der Waals surface area contributed by atoms with Gasteiger partial charge in [0.2, 0.25) is 5.91 Å². The van der Waals surface area contributed by atoms with Gasteiger partial charge in [0.15, 0.2) is 15.0 Å². The Morgan fingerprint density at radius 1 is 1.09 bits per heavy atom. The summed E-state index contributed by atoms with van der Waals surface area (Å²) in [6, 6.07) is 15.4. The van der Waals surface area contributed by atoms with Gasteiger partial charge in [0, 0.05) is 12.6 Å². The SMILES string of the molecule is COc1cccc2sc(N(Cc3ccccn3)C(=O)CCS(=O)(=O)c3ccc(F)cc3)nc12. The number of halogens is 1. The summed E-state index contributed by atoms with van der Waals surface area (Å²) in [5.41, 5.74) is 1.26. The van der Waals surface area contributed by atoms with Crippen molar-refractivity contribution in [2.75, 3.05) is 17.8 Å². The molecule has 4 aromatic rings. The highest BCUT2D eigenvalue weighted by atomic mass is 32.2. The third-order valence-corrected chi connectivity index (χ3v) is 7.70.